The summed E-state index contributed by atoms with van der Waals surface area (Å²) in [6.07, 6.45) is 4.33. The van der Waals surface area contributed by atoms with Gasteiger partial charge in [-0.3, -0.25) is 14.7 Å². The van der Waals surface area contributed by atoms with Crippen LogP contribution in [0.15, 0.2) is 23.3 Å². The number of pyridine rings is 1. The fraction of sp³-hybridized carbons (Fsp3) is 0.471. The van der Waals surface area contributed by atoms with E-state index in [-0.39, 0.29) is 11.5 Å². The summed E-state index contributed by atoms with van der Waals surface area (Å²) in [5.74, 6) is 1.76. The zero-order chi connectivity index (χ0) is 16.4. The van der Waals surface area contributed by atoms with E-state index in [9.17, 15) is 4.79 Å². The van der Waals surface area contributed by atoms with E-state index in [2.05, 4.69) is 19.9 Å². The number of rotatable bonds is 4. The van der Waals surface area contributed by atoms with Gasteiger partial charge in [0.05, 0.1) is 24.6 Å². The second-order valence-electron chi connectivity index (χ2n) is 6.22. The van der Waals surface area contributed by atoms with Crippen molar-refractivity contribution in [2.75, 3.05) is 13.7 Å². The number of aromatic amines is 1. The molecule has 1 aliphatic rings. The van der Waals surface area contributed by atoms with Gasteiger partial charge >= 0.3 is 0 Å². The van der Waals surface area contributed by atoms with E-state index in [4.69, 9.17) is 4.74 Å². The van der Waals surface area contributed by atoms with Crippen molar-refractivity contribution < 1.29 is 4.74 Å². The molecule has 0 aromatic carbocycles. The molecule has 0 atom stereocenters. The van der Waals surface area contributed by atoms with Crippen LogP contribution >= 0.6 is 0 Å². The summed E-state index contributed by atoms with van der Waals surface area (Å²) in [5.41, 5.74) is 2.80. The van der Waals surface area contributed by atoms with Gasteiger partial charge in [0.15, 0.2) is 0 Å². The summed E-state index contributed by atoms with van der Waals surface area (Å²) in [7, 11) is 1.63. The van der Waals surface area contributed by atoms with Crippen LogP contribution in [0.4, 0.5) is 0 Å². The Morgan fingerprint density at radius 3 is 2.96 bits per heavy atom. The zero-order valence-electron chi connectivity index (χ0n) is 13.8. The van der Waals surface area contributed by atoms with E-state index >= 15 is 0 Å². The lowest BCUT2D eigenvalue weighted by Gasteiger charge is -2.28. The topological polar surface area (TPSA) is 71.1 Å². The van der Waals surface area contributed by atoms with Crippen LogP contribution in [-0.4, -0.2) is 33.5 Å². The van der Waals surface area contributed by atoms with Crippen LogP contribution in [0.5, 0.6) is 5.75 Å². The number of fused-ring (bicyclic) bond motifs is 1. The Morgan fingerprint density at radius 1 is 1.39 bits per heavy atom. The summed E-state index contributed by atoms with van der Waals surface area (Å²) in [6.45, 7) is 6.33. The Labute approximate surface area is 135 Å². The van der Waals surface area contributed by atoms with Crippen molar-refractivity contribution in [1.29, 1.82) is 0 Å². The Bertz CT molecular complexity index is 754. The number of nitrogens with zero attached hydrogens (tertiary/aromatic N) is 3. The number of ether oxygens (including phenoxy) is 1. The maximum absolute atomic E-state index is 12.3. The smallest absolute Gasteiger partial charge is 0.255 e. The number of hydrogen-bond donors (Lipinski definition) is 1. The van der Waals surface area contributed by atoms with Crippen molar-refractivity contribution in [3.8, 4) is 5.75 Å². The highest BCUT2D eigenvalue weighted by Crippen LogP contribution is 2.19. The third-order valence-electron chi connectivity index (χ3n) is 4.12. The molecule has 0 bridgehead atoms. The molecule has 0 radical (unpaired) electrons. The number of methoxy groups -OCH3 is 1. The van der Waals surface area contributed by atoms with Crippen molar-refractivity contribution in [3.05, 3.63) is 51.5 Å². The molecule has 0 unspecified atom stereocenters. The molecule has 1 aliphatic heterocycles. The standard InChI is InChI=1S/C17H22N4O2/c1-11(2)16-19-15-4-5-21(10-14(15)17(22)20-16)9-12-6-13(23-3)8-18-7-12/h6-8,11H,4-5,9-10H2,1-3H3,(H,19,20,22). The molecule has 6 nitrogen and oxygen atoms in total. The highest BCUT2D eigenvalue weighted by molar-refractivity contribution is 5.25. The normalized spacial score (nSPS) is 14.8. The van der Waals surface area contributed by atoms with Gasteiger partial charge in [0.25, 0.3) is 5.56 Å². The summed E-state index contributed by atoms with van der Waals surface area (Å²) in [6, 6.07) is 1.98. The van der Waals surface area contributed by atoms with E-state index in [1.165, 1.54) is 0 Å². The van der Waals surface area contributed by atoms with Crippen LogP contribution in [0.2, 0.25) is 0 Å². The molecule has 1 N–H and O–H groups in total. The van der Waals surface area contributed by atoms with Crippen molar-refractivity contribution in [3.63, 3.8) is 0 Å². The average molecular weight is 314 g/mol. The van der Waals surface area contributed by atoms with Crippen LogP contribution in [0.3, 0.4) is 0 Å². The van der Waals surface area contributed by atoms with Gasteiger partial charge in [0.1, 0.15) is 11.6 Å². The first-order valence-electron chi connectivity index (χ1n) is 7.89. The van der Waals surface area contributed by atoms with Crippen LogP contribution in [0.1, 0.15) is 42.4 Å². The van der Waals surface area contributed by atoms with E-state index in [1.54, 1.807) is 13.3 Å². The minimum atomic E-state index is -0.00725. The average Bonchev–Trinajstić information content (AvgIpc) is 2.55. The first kappa shape index (κ1) is 15.7. The van der Waals surface area contributed by atoms with Crippen molar-refractivity contribution >= 4 is 0 Å². The van der Waals surface area contributed by atoms with Crippen LogP contribution in [0, 0.1) is 0 Å². The molecule has 0 fully saturated rings. The molecule has 0 saturated carbocycles. The van der Waals surface area contributed by atoms with Crippen molar-refractivity contribution in [2.24, 2.45) is 0 Å². The quantitative estimate of drug-likeness (QED) is 0.932. The summed E-state index contributed by atoms with van der Waals surface area (Å²) in [4.78, 5) is 26.3. The lowest BCUT2D eigenvalue weighted by atomic mass is 10.1. The highest BCUT2D eigenvalue weighted by atomic mass is 16.5. The molecule has 3 rings (SSSR count). The Kier molecular flexibility index (Phi) is 4.43. The maximum atomic E-state index is 12.3. The molecule has 0 amide bonds. The SMILES string of the molecule is COc1cncc(CN2CCc3nc(C(C)C)[nH]c(=O)c3C2)c1. The molecule has 122 valence electrons. The van der Waals surface area contributed by atoms with Gasteiger partial charge < -0.3 is 9.72 Å². The predicted octanol–water partition coefficient (Wildman–Crippen LogP) is 1.86. The minimum absolute atomic E-state index is 0.00725. The first-order valence-corrected chi connectivity index (χ1v) is 7.89. The first-order chi connectivity index (χ1) is 11.1. The molecule has 23 heavy (non-hydrogen) atoms. The third-order valence-corrected chi connectivity index (χ3v) is 4.12. The van der Waals surface area contributed by atoms with Gasteiger partial charge in [-0.1, -0.05) is 13.8 Å². The van der Waals surface area contributed by atoms with Crippen molar-refractivity contribution in [2.45, 2.75) is 39.3 Å². The maximum Gasteiger partial charge on any atom is 0.255 e. The van der Waals surface area contributed by atoms with Gasteiger partial charge in [0, 0.05) is 38.2 Å². The second-order valence-corrected chi connectivity index (χ2v) is 6.22. The molecule has 3 heterocycles. The van der Waals surface area contributed by atoms with Gasteiger partial charge in [-0.05, 0) is 11.6 Å². The molecule has 0 saturated heterocycles. The van der Waals surface area contributed by atoms with Crippen molar-refractivity contribution in [1.82, 2.24) is 19.9 Å². The summed E-state index contributed by atoms with van der Waals surface area (Å²) in [5, 5.41) is 0. The van der Waals surface area contributed by atoms with Crippen LogP contribution < -0.4 is 10.3 Å². The van der Waals surface area contributed by atoms with Gasteiger partial charge in [-0.15, -0.1) is 0 Å². The van der Waals surface area contributed by atoms with Gasteiger partial charge in [-0.2, -0.15) is 0 Å². The molecule has 2 aromatic heterocycles. The summed E-state index contributed by atoms with van der Waals surface area (Å²) >= 11 is 0. The van der Waals surface area contributed by atoms with Crippen LogP contribution in [-0.2, 0) is 19.5 Å². The summed E-state index contributed by atoms with van der Waals surface area (Å²) < 4.78 is 5.21. The third kappa shape index (κ3) is 3.42. The highest BCUT2D eigenvalue weighted by Gasteiger charge is 2.21. The molecular weight excluding hydrogens is 292 g/mol. The fourth-order valence-corrected chi connectivity index (χ4v) is 2.83. The fourth-order valence-electron chi connectivity index (χ4n) is 2.83. The number of aromatic nitrogens is 3. The number of H-pyrrole nitrogens is 1. The Morgan fingerprint density at radius 2 is 2.22 bits per heavy atom. The second kappa shape index (κ2) is 6.50. The number of hydrogen-bond acceptors (Lipinski definition) is 5. The Hall–Kier alpha value is -2.21. The largest absolute Gasteiger partial charge is 0.495 e. The van der Waals surface area contributed by atoms with Gasteiger partial charge in [0.2, 0.25) is 0 Å². The van der Waals surface area contributed by atoms with Crippen LogP contribution in [0.25, 0.3) is 0 Å². The van der Waals surface area contributed by atoms with Gasteiger partial charge in [-0.25, -0.2) is 4.98 Å². The van der Waals surface area contributed by atoms with E-state index in [0.29, 0.717) is 6.54 Å². The zero-order valence-corrected chi connectivity index (χ0v) is 13.8. The lowest BCUT2D eigenvalue weighted by molar-refractivity contribution is 0.240. The molecule has 0 spiro atoms. The molecular formula is C17H22N4O2. The monoisotopic (exact) mass is 314 g/mol. The predicted molar refractivity (Wildman–Crippen MR) is 87.6 cm³/mol. The van der Waals surface area contributed by atoms with E-state index in [0.717, 1.165) is 47.9 Å². The number of nitrogens with one attached hydrogen (secondary N) is 1. The molecule has 6 heteroatoms. The molecule has 0 aliphatic carbocycles. The Balaban J connectivity index is 1.79. The van der Waals surface area contributed by atoms with E-state index < -0.39 is 0 Å². The molecule has 2 aromatic rings. The minimum Gasteiger partial charge on any atom is -0.495 e. The lowest BCUT2D eigenvalue weighted by Crippen LogP contribution is -2.36. The van der Waals surface area contributed by atoms with E-state index in [1.807, 2.05) is 26.1 Å².